The molecular weight excluding hydrogens is 353 g/mol. The average Bonchev–Trinajstić information content (AvgIpc) is 2.76. The molecule has 1 aromatic heterocycles. The zero-order valence-corrected chi connectivity index (χ0v) is 13.2. The summed E-state index contributed by atoms with van der Waals surface area (Å²) in [5.74, 6) is -0.602. The van der Waals surface area contributed by atoms with Crippen LogP contribution in [0.25, 0.3) is 0 Å². The van der Waals surface area contributed by atoms with Crippen LogP contribution in [0, 0.1) is 12.7 Å². The van der Waals surface area contributed by atoms with Gasteiger partial charge in [-0.1, -0.05) is 0 Å². The summed E-state index contributed by atoms with van der Waals surface area (Å²) in [7, 11) is -3.70. The molecule has 1 aromatic carbocycles. The highest BCUT2D eigenvalue weighted by molar-refractivity contribution is 9.10. The summed E-state index contributed by atoms with van der Waals surface area (Å²) in [5, 5.41) is 3.84. The lowest BCUT2D eigenvalue weighted by Gasteiger charge is -2.07. The van der Waals surface area contributed by atoms with Crippen molar-refractivity contribution in [3.05, 3.63) is 50.4 Å². The SMILES string of the molecule is Cc1cscc1CNS(=O)(=O)c1ccc(Br)c(F)c1. The fraction of sp³-hybridized carbons (Fsp3) is 0.167. The topological polar surface area (TPSA) is 46.2 Å². The van der Waals surface area contributed by atoms with Crippen LogP contribution in [-0.2, 0) is 16.6 Å². The Morgan fingerprint density at radius 3 is 2.68 bits per heavy atom. The lowest BCUT2D eigenvalue weighted by molar-refractivity contribution is 0.576. The third kappa shape index (κ3) is 3.42. The number of halogens is 2. The molecule has 2 rings (SSSR count). The smallest absolute Gasteiger partial charge is 0.207 e. The van der Waals surface area contributed by atoms with Crippen LogP contribution in [0.1, 0.15) is 11.1 Å². The maximum Gasteiger partial charge on any atom is 0.240 e. The van der Waals surface area contributed by atoms with Crippen LogP contribution >= 0.6 is 27.3 Å². The van der Waals surface area contributed by atoms with Gasteiger partial charge in [0.1, 0.15) is 5.82 Å². The number of hydrogen-bond acceptors (Lipinski definition) is 3. The number of nitrogens with one attached hydrogen (secondary N) is 1. The van der Waals surface area contributed by atoms with Crippen LogP contribution in [-0.4, -0.2) is 8.42 Å². The van der Waals surface area contributed by atoms with Gasteiger partial charge in [-0.2, -0.15) is 11.3 Å². The molecule has 0 bridgehead atoms. The molecule has 0 aliphatic rings. The minimum Gasteiger partial charge on any atom is -0.207 e. The molecular formula is C12H11BrFNO2S2. The zero-order valence-electron chi connectivity index (χ0n) is 9.98. The van der Waals surface area contributed by atoms with Crippen molar-refractivity contribution in [2.75, 3.05) is 0 Å². The van der Waals surface area contributed by atoms with E-state index in [9.17, 15) is 12.8 Å². The van der Waals surface area contributed by atoms with Crippen LogP contribution in [0.15, 0.2) is 38.3 Å². The molecule has 0 radical (unpaired) electrons. The summed E-state index contributed by atoms with van der Waals surface area (Å²) in [6, 6.07) is 3.72. The van der Waals surface area contributed by atoms with Gasteiger partial charge in [0, 0.05) is 6.54 Å². The molecule has 1 N–H and O–H groups in total. The summed E-state index contributed by atoms with van der Waals surface area (Å²) in [6.45, 7) is 2.12. The van der Waals surface area contributed by atoms with Gasteiger partial charge < -0.3 is 0 Å². The first kappa shape index (κ1) is 14.6. The average molecular weight is 364 g/mol. The van der Waals surface area contributed by atoms with Crippen molar-refractivity contribution in [2.24, 2.45) is 0 Å². The van der Waals surface area contributed by atoms with Crippen LogP contribution in [0.5, 0.6) is 0 Å². The fourth-order valence-corrected chi connectivity index (χ4v) is 3.59. The molecule has 102 valence electrons. The number of aryl methyl sites for hydroxylation is 1. The Labute approximate surface area is 123 Å². The first-order chi connectivity index (χ1) is 8.90. The van der Waals surface area contributed by atoms with Gasteiger partial charge in [0.15, 0.2) is 0 Å². The standard InChI is InChI=1S/C12H11BrFNO2S2/c1-8-6-18-7-9(8)5-15-19(16,17)10-2-3-11(13)12(14)4-10/h2-4,6-7,15H,5H2,1H3. The van der Waals surface area contributed by atoms with Gasteiger partial charge in [-0.05, 0) is 62.9 Å². The van der Waals surface area contributed by atoms with Crippen molar-refractivity contribution in [3.8, 4) is 0 Å². The maximum atomic E-state index is 13.3. The Morgan fingerprint density at radius 2 is 2.11 bits per heavy atom. The van der Waals surface area contributed by atoms with E-state index >= 15 is 0 Å². The van der Waals surface area contributed by atoms with Crippen LogP contribution in [0.3, 0.4) is 0 Å². The number of thiophene rings is 1. The second-order valence-corrected chi connectivity index (χ2v) is 7.35. The molecule has 0 fully saturated rings. The Balaban J connectivity index is 2.18. The van der Waals surface area contributed by atoms with E-state index in [0.29, 0.717) is 0 Å². The van der Waals surface area contributed by atoms with Gasteiger partial charge in [0.2, 0.25) is 10.0 Å². The highest BCUT2D eigenvalue weighted by Gasteiger charge is 2.16. The van der Waals surface area contributed by atoms with E-state index < -0.39 is 15.8 Å². The summed E-state index contributed by atoms with van der Waals surface area (Å²) < 4.78 is 40.1. The van der Waals surface area contributed by atoms with E-state index in [0.717, 1.165) is 17.2 Å². The summed E-state index contributed by atoms with van der Waals surface area (Å²) in [4.78, 5) is -0.0823. The van der Waals surface area contributed by atoms with Crippen molar-refractivity contribution in [3.63, 3.8) is 0 Å². The molecule has 0 atom stereocenters. The lowest BCUT2D eigenvalue weighted by Crippen LogP contribution is -2.23. The number of rotatable bonds is 4. The minimum atomic E-state index is -3.70. The molecule has 0 amide bonds. The molecule has 0 aliphatic carbocycles. The van der Waals surface area contributed by atoms with Gasteiger partial charge in [0.25, 0.3) is 0 Å². The summed E-state index contributed by atoms with van der Waals surface area (Å²) >= 11 is 4.50. The predicted octanol–water partition coefficient (Wildman–Crippen LogP) is 3.44. The molecule has 1 heterocycles. The Bertz CT molecular complexity index is 698. The van der Waals surface area contributed by atoms with Gasteiger partial charge in [-0.15, -0.1) is 0 Å². The van der Waals surface area contributed by atoms with E-state index in [1.165, 1.54) is 23.5 Å². The van der Waals surface area contributed by atoms with Crippen LogP contribution in [0.4, 0.5) is 4.39 Å². The molecule has 3 nitrogen and oxygen atoms in total. The third-order valence-electron chi connectivity index (χ3n) is 2.62. The lowest BCUT2D eigenvalue weighted by atomic mass is 10.2. The fourth-order valence-electron chi connectivity index (χ4n) is 1.47. The molecule has 0 saturated heterocycles. The van der Waals surface area contributed by atoms with Crippen molar-refractivity contribution >= 4 is 37.3 Å². The number of sulfonamides is 1. The van der Waals surface area contributed by atoms with Crippen molar-refractivity contribution in [1.82, 2.24) is 4.72 Å². The second kappa shape index (κ2) is 5.70. The zero-order chi connectivity index (χ0) is 14.0. The summed E-state index contributed by atoms with van der Waals surface area (Å²) in [5.41, 5.74) is 1.96. The van der Waals surface area contributed by atoms with Gasteiger partial charge in [-0.3, -0.25) is 0 Å². The van der Waals surface area contributed by atoms with E-state index in [-0.39, 0.29) is 15.9 Å². The van der Waals surface area contributed by atoms with E-state index in [1.54, 1.807) is 0 Å². The highest BCUT2D eigenvalue weighted by Crippen LogP contribution is 2.20. The van der Waals surface area contributed by atoms with Gasteiger partial charge in [0.05, 0.1) is 9.37 Å². The van der Waals surface area contributed by atoms with Crippen LogP contribution in [0.2, 0.25) is 0 Å². The molecule has 0 spiro atoms. The Kier molecular flexibility index (Phi) is 4.39. The maximum absolute atomic E-state index is 13.3. The monoisotopic (exact) mass is 363 g/mol. The van der Waals surface area contributed by atoms with Crippen molar-refractivity contribution in [2.45, 2.75) is 18.4 Å². The van der Waals surface area contributed by atoms with Gasteiger partial charge in [-0.25, -0.2) is 17.5 Å². The molecule has 0 unspecified atom stereocenters. The highest BCUT2D eigenvalue weighted by atomic mass is 79.9. The minimum absolute atomic E-state index is 0.0823. The third-order valence-corrected chi connectivity index (χ3v) is 5.57. The van der Waals surface area contributed by atoms with Crippen molar-refractivity contribution in [1.29, 1.82) is 0 Å². The first-order valence-electron chi connectivity index (χ1n) is 5.36. The Morgan fingerprint density at radius 1 is 1.37 bits per heavy atom. The quantitative estimate of drug-likeness (QED) is 0.904. The first-order valence-corrected chi connectivity index (χ1v) is 8.58. The van der Waals surface area contributed by atoms with E-state index in [4.69, 9.17) is 0 Å². The van der Waals surface area contributed by atoms with E-state index in [2.05, 4.69) is 20.7 Å². The molecule has 7 heteroatoms. The van der Waals surface area contributed by atoms with Crippen molar-refractivity contribution < 1.29 is 12.8 Å². The molecule has 19 heavy (non-hydrogen) atoms. The second-order valence-electron chi connectivity index (χ2n) is 3.98. The Hall–Kier alpha value is -0.760. The van der Waals surface area contributed by atoms with Crippen LogP contribution < -0.4 is 4.72 Å². The number of hydrogen-bond donors (Lipinski definition) is 1. The van der Waals surface area contributed by atoms with E-state index in [1.807, 2.05) is 17.7 Å². The predicted molar refractivity (Wildman–Crippen MR) is 77.2 cm³/mol. The summed E-state index contributed by atoms with van der Waals surface area (Å²) in [6.07, 6.45) is 0. The largest absolute Gasteiger partial charge is 0.240 e. The number of benzene rings is 1. The van der Waals surface area contributed by atoms with Gasteiger partial charge >= 0.3 is 0 Å². The molecule has 2 aromatic rings. The molecule has 0 aliphatic heterocycles. The molecule has 0 saturated carbocycles. The normalized spacial score (nSPS) is 11.7.